The standard InChI is InChI=1S/C28H26N10O2/c1-20(17-37-19-31-34-35-37)40-24-7-3-5-22(15-24)26-8-11-38-27(33-26)25(16-32-38)21-4-2-6-23(14-21)28(39)30-10-13-36-12-9-29-18-36/h2-9,11-12,14-16,18-20H,10,13,17H2,1H3,(H,30,39)/t20-/m0/s1. The van der Waals surface area contributed by atoms with Crippen molar-refractivity contribution in [2.45, 2.75) is 26.1 Å². The minimum atomic E-state index is -0.141. The molecule has 0 bridgehead atoms. The molecule has 4 aromatic heterocycles. The van der Waals surface area contributed by atoms with E-state index in [0.29, 0.717) is 30.8 Å². The molecule has 6 rings (SSSR count). The third-order valence-corrected chi connectivity index (χ3v) is 6.32. The molecule has 4 heterocycles. The van der Waals surface area contributed by atoms with Gasteiger partial charge in [-0.2, -0.15) is 5.10 Å². The molecule has 6 aromatic rings. The fraction of sp³-hybridized carbons (Fsp3) is 0.179. The monoisotopic (exact) mass is 534 g/mol. The smallest absolute Gasteiger partial charge is 0.251 e. The van der Waals surface area contributed by atoms with Crippen LogP contribution < -0.4 is 10.1 Å². The second-order valence-corrected chi connectivity index (χ2v) is 9.26. The molecule has 12 nitrogen and oxygen atoms in total. The largest absolute Gasteiger partial charge is 0.489 e. The van der Waals surface area contributed by atoms with E-state index in [9.17, 15) is 4.79 Å². The maximum Gasteiger partial charge on any atom is 0.251 e. The predicted molar refractivity (Wildman–Crippen MR) is 146 cm³/mol. The molecule has 0 fully saturated rings. The minimum absolute atomic E-state index is 0.133. The second kappa shape index (κ2) is 11.2. The molecule has 1 N–H and O–H groups in total. The number of hydrogen-bond donors (Lipinski definition) is 1. The molecule has 2 aromatic carbocycles. The summed E-state index contributed by atoms with van der Waals surface area (Å²) in [4.78, 5) is 21.7. The molecule has 0 aliphatic carbocycles. The summed E-state index contributed by atoms with van der Waals surface area (Å²) in [5.41, 5.74) is 4.63. The number of amides is 1. The molecule has 0 unspecified atom stereocenters. The normalized spacial score (nSPS) is 11.9. The van der Waals surface area contributed by atoms with E-state index in [4.69, 9.17) is 9.72 Å². The fourth-order valence-electron chi connectivity index (χ4n) is 4.41. The summed E-state index contributed by atoms with van der Waals surface area (Å²) in [6, 6.07) is 17.2. The van der Waals surface area contributed by atoms with E-state index in [2.05, 4.69) is 30.9 Å². The van der Waals surface area contributed by atoms with E-state index in [-0.39, 0.29) is 12.0 Å². The first-order chi connectivity index (χ1) is 19.6. The molecule has 0 aliphatic rings. The number of nitrogens with one attached hydrogen (secondary N) is 1. The number of rotatable bonds is 10. The first kappa shape index (κ1) is 24.9. The lowest BCUT2D eigenvalue weighted by molar-refractivity contribution is 0.0952. The third-order valence-electron chi connectivity index (χ3n) is 6.32. The van der Waals surface area contributed by atoms with Crippen LogP contribution in [0, 0.1) is 0 Å². The van der Waals surface area contributed by atoms with Crippen LogP contribution in [0.25, 0.3) is 28.0 Å². The Morgan fingerprint density at radius 2 is 1.95 bits per heavy atom. The van der Waals surface area contributed by atoms with Crippen LogP contribution in [-0.4, -0.2) is 62.9 Å². The zero-order valence-electron chi connectivity index (χ0n) is 21.7. The van der Waals surface area contributed by atoms with Crippen LogP contribution in [0.5, 0.6) is 5.75 Å². The Bertz CT molecular complexity index is 1730. The molecule has 12 heteroatoms. The SMILES string of the molecule is C[C@@H](Cn1cnnn1)Oc1cccc(-c2ccn3ncc(-c4cccc(C(=O)NCCn5ccnc5)c4)c3n2)c1. The maximum absolute atomic E-state index is 12.8. The van der Waals surface area contributed by atoms with Crippen molar-refractivity contribution >= 4 is 11.6 Å². The van der Waals surface area contributed by atoms with E-state index in [1.165, 1.54) is 0 Å². The Morgan fingerprint density at radius 1 is 1.05 bits per heavy atom. The predicted octanol–water partition coefficient (Wildman–Crippen LogP) is 3.14. The molecular weight excluding hydrogens is 508 g/mol. The van der Waals surface area contributed by atoms with Crippen molar-refractivity contribution in [1.29, 1.82) is 0 Å². The van der Waals surface area contributed by atoms with Gasteiger partial charge in [0.05, 0.1) is 24.8 Å². The van der Waals surface area contributed by atoms with Crippen molar-refractivity contribution in [2.75, 3.05) is 6.54 Å². The highest BCUT2D eigenvalue weighted by Gasteiger charge is 2.14. The Hall–Kier alpha value is -5.39. The number of fused-ring (bicyclic) bond motifs is 1. The average molecular weight is 535 g/mol. The second-order valence-electron chi connectivity index (χ2n) is 9.26. The quantitative estimate of drug-likeness (QED) is 0.284. The number of nitrogens with zero attached hydrogens (tertiary/aromatic N) is 9. The van der Waals surface area contributed by atoms with E-state index < -0.39 is 0 Å². The molecule has 0 saturated carbocycles. The minimum Gasteiger partial charge on any atom is -0.489 e. The Kier molecular flexibility index (Phi) is 6.95. The van der Waals surface area contributed by atoms with Crippen molar-refractivity contribution in [3.05, 3.63) is 97.6 Å². The van der Waals surface area contributed by atoms with Gasteiger partial charge in [0, 0.05) is 48.4 Å². The summed E-state index contributed by atoms with van der Waals surface area (Å²) in [5, 5.41) is 18.6. The lowest BCUT2D eigenvalue weighted by atomic mass is 10.0. The molecule has 0 radical (unpaired) electrons. The topological polar surface area (TPSA) is 130 Å². The summed E-state index contributed by atoms with van der Waals surface area (Å²) in [7, 11) is 0. The summed E-state index contributed by atoms with van der Waals surface area (Å²) in [6.45, 7) is 3.64. The number of tetrazole rings is 1. The van der Waals surface area contributed by atoms with Crippen LogP contribution >= 0.6 is 0 Å². The van der Waals surface area contributed by atoms with Crippen molar-refractivity contribution in [2.24, 2.45) is 0 Å². The van der Waals surface area contributed by atoms with Crippen LogP contribution in [0.15, 0.2) is 92.0 Å². The summed E-state index contributed by atoms with van der Waals surface area (Å²) < 4.78 is 11.4. The van der Waals surface area contributed by atoms with E-state index >= 15 is 0 Å². The highest BCUT2D eigenvalue weighted by Crippen LogP contribution is 2.28. The Balaban J connectivity index is 1.20. The van der Waals surface area contributed by atoms with Gasteiger partial charge in [0.2, 0.25) is 0 Å². The fourth-order valence-corrected chi connectivity index (χ4v) is 4.41. The van der Waals surface area contributed by atoms with Gasteiger partial charge in [-0.15, -0.1) is 5.10 Å². The number of ether oxygens (including phenoxy) is 1. The zero-order chi connectivity index (χ0) is 27.3. The van der Waals surface area contributed by atoms with Crippen molar-refractivity contribution in [3.8, 4) is 28.1 Å². The lowest BCUT2D eigenvalue weighted by Gasteiger charge is -2.15. The van der Waals surface area contributed by atoms with Crippen LogP contribution in [0.3, 0.4) is 0 Å². The zero-order valence-corrected chi connectivity index (χ0v) is 21.7. The van der Waals surface area contributed by atoms with Crippen LogP contribution in [-0.2, 0) is 13.1 Å². The van der Waals surface area contributed by atoms with Gasteiger partial charge in [-0.1, -0.05) is 24.3 Å². The van der Waals surface area contributed by atoms with Crippen molar-refractivity contribution < 1.29 is 9.53 Å². The van der Waals surface area contributed by atoms with E-state index in [0.717, 1.165) is 28.1 Å². The van der Waals surface area contributed by atoms with Crippen molar-refractivity contribution in [3.63, 3.8) is 0 Å². The van der Waals surface area contributed by atoms with Crippen LogP contribution in [0.2, 0.25) is 0 Å². The molecule has 1 atom stereocenters. The van der Waals surface area contributed by atoms with E-state index in [1.807, 2.05) is 72.4 Å². The van der Waals surface area contributed by atoms with Crippen LogP contribution in [0.1, 0.15) is 17.3 Å². The summed E-state index contributed by atoms with van der Waals surface area (Å²) >= 11 is 0. The Morgan fingerprint density at radius 3 is 2.80 bits per heavy atom. The molecule has 0 spiro atoms. The molecule has 1 amide bonds. The van der Waals surface area contributed by atoms with E-state index in [1.54, 1.807) is 40.3 Å². The van der Waals surface area contributed by atoms with Gasteiger partial charge in [-0.25, -0.2) is 19.2 Å². The van der Waals surface area contributed by atoms with Crippen molar-refractivity contribution in [1.82, 2.24) is 49.7 Å². The number of hydrogen-bond acceptors (Lipinski definition) is 8. The molecule has 40 heavy (non-hydrogen) atoms. The maximum atomic E-state index is 12.8. The Labute approximate surface area is 229 Å². The number of benzene rings is 2. The first-order valence-electron chi connectivity index (χ1n) is 12.8. The van der Waals surface area contributed by atoms with Gasteiger partial charge in [0.15, 0.2) is 5.65 Å². The average Bonchev–Trinajstić information content (AvgIpc) is 3.76. The highest BCUT2D eigenvalue weighted by atomic mass is 16.5. The molecule has 0 aliphatic heterocycles. The summed E-state index contributed by atoms with van der Waals surface area (Å²) in [5.74, 6) is 0.582. The molecular formula is C28H26N10O2. The van der Waals surface area contributed by atoms with Crippen LogP contribution in [0.4, 0.5) is 0 Å². The molecule has 0 saturated heterocycles. The van der Waals surface area contributed by atoms with Gasteiger partial charge < -0.3 is 14.6 Å². The number of carbonyl (C=O) groups excluding carboxylic acids is 1. The first-order valence-corrected chi connectivity index (χ1v) is 12.8. The van der Waals surface area contributed by atoms with Gasteiger partial charge in [0.25, 0.3) is 5.91 Å². The number of aromatic nitrogens is 9. The number of carbonyl (C=O) groups is 1. The van der Waals surface area contributed by atoms with Gasteiger partial charge in [-0.3, -0.25) is 4.79 Å². The highest BCUT2D eigenvalue weighted by molar-refractivity contribution is 5.96. The molecule has 200 valence electrons. The summed E-state index contributed by atoms with van der Waals surface area (Å²) in [6.07, 6.45) is 10.4. The lowest BCUT2D eigenvalue weighted by Crippen LogP contribution is -2.26. The number of imidazole rings is 1. The third kappa shape index (κ3) is 5.55. The van der Waals surface area contributed by atoms with Gasteiger partial charge in [0.1, 0.15) is 18.2 Å². The van der Waals surface area contributed by atoms with Gasteiger partial charge in [-0.05, 0) is 53.2 Å². The van der Waals surface area contributed by atoms with Gasteiger partial charge >= 0.3 is 0 Å².